The molecule has 0 aliphatic heterocycles. The van der Waals surface area contributed by atoms with Crippen molar-refractivity contribution in [2.75, 3.05) is 0 Å². The van der Waals surface area contributed by atoms with E-state index in [1.165, 1.54) is 6.07 Å². The summed E-state index contributed by atoms with van der Waals surface area (Å²) in [6.45, 7) is 3.99. The first-order valence-corrected chi connectivity index (χ1v) is 8.68. The predicted octanol–water partition coefficient (Wildman–Crippen LogP) is 4.94. The second kappa shape index (κ2) is 5.81. The van der Waals surface area contributed by atoms with Gasteiger partial charge in [0.15, 0.2) is 0 Å². The minimum atomic E-state index is -0.301. The zero-order valence-corrected chi connectivity index (χ0v) is 15.7. The molecule has 0 aliphatic carbocycles. The number of fused-ring (bicyclic) bond motifs is 1. The molecular weight excluding hydrogens is 383 g/mol. The van der Waals surface area contributed by atoms with Crippen LogP contribution in [0.4, 0.5) is 4.39 Å². The molecule has 0 saturated heterocycles. The summed E-state index contributed by atoms with van der Waals surface area (Å²) in [5.41, 5.74) is 4.61. The van der Waals surface area contributed by atoms with E-state index in [1.54, 1.807) is 10.7 Å². The second-order valence-corrected chi connectivity index (χ2v) is 6.97. The lowest BCUT2D eigenvalue weighted by molar-refractivity contribution is 0.621. The van der Waals surface area contributed by atoms with Crippen LogP contribution in [0.5, 0.6) is 0 Å². The van der Waals surface area contributed by atoms with Crippen molar-refractivity contribution in [1.82, 2.24) is 19.3 Å². The van der Waals surface area contributed by atoms with E-state index < -0.39 is 0 Å². The summed E-state index contributed by atoms with van der Waals surface area (Å²) in [7, 11) is 1.91. The van der Waals surface area contributed by atoms with Crippen molar-refractivity contribution < 1.29 is 4.39 Å². The van der Waals surface area contributed by atoms with E-state index in [9.17, 15) is 4.39 Å². The summed E-state index contributed by atoms with van der Waals surface area (Å²) in [4.78, 5) is 4.67. The van der Waals surface area contributed by atoms with Gasteiger partial charge in [0.25, 0.3) is 0 Å². The third kappa shape index (κ3) is 2.66. The number of aryl methyl sites for hydroxylation is 2. The number of benzene rings is 2. The fourth-order valence-electron chi connectivity index (χ4n) is 3.03. The fraction of sp³-hybridized carbons (Fsp3) is 0.158. The molecule has 0 aliphatic rings. The van der Waals surface area contributed by atoms with Crippen LogP contribution in [-0.4, -0.2) is 19.3 Å². The maximum absolute atomic E-state index is 14.0. The molecule has 0 N–H and O–H groups in total. The Morgan fingerprint density at radius 3 is 2.64 bits per heavy atom. The van der Waals surface area contributed by atoms with Gasteiger partial charge in [-0.3, -0.25) is 9.25 Å². The molecule has 2 heterocycles. The maximum atomic E-state index is 14.0. The molecule has 0 fully saturated rings. The fourth-order valence-corrected chi connectivity index (χ4v) is 3.28. The van der Waals surface area contributed by atoms with Gasteiger partial charge in [-0.05, 0) is 66.2 Å². The van der Waals surface area contributed by atoms with E-state index in [2.05, 4.69) is 36.6 Å². The molecular formula is C19H16BrFN4. The Labute approximate surface area is 153 Å². The van der Waals surface area contributed by atoms with Crippen LogP contribution in [0.25, 0.3) is 28.0 Å². The highest BCUT2D eigenvalue weighted by Crippen LogP contribution is 2.29. The summed E-state index contributed by atoms with van der Waals surface area (Å²) in [5.74, 6) is 0.426. The monoisotopic (exact) mass is 398 g/mol. The molecule has 0 bridgehead atoms. The number of nitrogens with zero attached hydrogens (tertiary/aromatic N) is 4. The van der Waals surface area contributed by atoms with Crippen molar-refractivity contribution in [2.24, 2.45) is 7.05 Å². The summed E-state index contributed by atoms with van der Waals surface area (Å²) < 4.78 is 18.3. The van der Waals surface area contributed by atoms with Crippen molar-refractivity contribution in [3.05, 3.63) is 64.3 Å². The minimum absolute atomic E-state index is 0.301. The average Bonchev–Trinajstić information content (AvgIpc) is 3.09. The third-order valence-corrected chi connectivity index (χ3v) is 5.03. The Balaban J connectivity index is 1.95. The Morgan fingerprint density at radius 2 is 1.88 bits per heavy atom. The van der Waals surface area contributed by atoms with Gasteiger partial charge in [-0.25, -0.2) is 9.37 Å². The second-order valence-electron chi connectivity index (χ2n) is 6.12. The molecule has 2 aromatic heterocycles. The molecule has 4 nitrogen and oxygen atoms in total. The van der Waals surface area contributed by atoms with Crippen molar-refractivity contribution in [3.63, 3.8) is 0 Å². The quantitative estimate of drug-likeness (QED) is 0.479. The summed E-state index contributed by atoms with van der Waals surface area (Å²) in [6.07, 6.45) is 1.98. The molecule has 0 atom stereocenters. The van der Waals surface area contributed by atoms with E-state index >= 15 is 0 Å². The normalized spacial score (nSPS) is 11.4. The lowest BCUT2D eigenvalue weighted by atomic mass is 10.2. The van der Waals surface area contributed by atoms with Gasteiger partial charge in [-0.2, -0.15) is 5.10 Å². The topological polar surface area (TPSA) is 35.6 Å². The van der Waals surface area contributed by atoms with Crippen LogP contribution in [-0.2, 0) is 7.05 Å². The molecule has 126 valence electrons. The van der Waals surface area contributed by atoms with E-state index in [-0.39, 0.29) is 5.82 Å². The van der Waals surface area contributed by atoms with Crippen molar-refractivity contribution in [2.45, 2.75) is 13.8 Å². The van der Waals surface area contributed by atoms with Crippen LogP contribution in [0, 0.1) is 19.7 Å². The van der Waals surface area contributed by atoms with Gasteiger partial charge in [0.1, 0.15) is 11.6 Å². The van der Waals surface area contributed by atoms with Gasteiger partial charge in [-0.15, -0.1) is 0 Å². The van der Waals surface area contributed by atoms with E-state index in [1.807, 2.05) is 45.3 Å². The van der Waals surface area contributed by atoms with E-state index in [4.69, 9.17) is 0 Å². The van der Waals surface area contributed by atoms with E-state index in [0.717, 1.165) is 39.4 Å². The van der Waals surface area contributed by atoms with Gasteiger partial charge in [-0.1, -0.05) is 0 Å². The first kappa shape index (κ1) is 16.0. The molecule has 6 heteroatoms. The Morgan fingerprint density at radius 1 is 1.08 bits per heavy atom. The molecule has 0 radical (unpaired) electrons. The van der Waals surface area contributed by atoms with Gasteiger partial charge in [0, 0.05) is 35.6 Å². The van der Waals surface area contributed by atoms with Gasteiger partial charge >= 0.3 is 0 Å². The van der Waals surface area contributed by atoms with Crippen LogP contribution < -0.4 is 0 Å². The Kier molecular flexibility index (Phi) is 3.72. The third-order valence-electron chi connectivity index (χ3n) is 4.38. The minimum Gasteiger partial charge on any atom is -0.297 e. The van der Waals surface area contributed by atoms with E-state index in [0.29, 0.717) is 4.47 Å². The van der Waals surface area contributed by atoms with Crippen molar-refractivity contribution >= 4 is 26.8 Å². The number of aromatic nitrogens is 4. The lowest BCUT2D eigenvalue weighted by Crippen LogP contribution is -2.00. The van der Waals surface area contributed by atoms with Crippen LogP contribution in [0.15, 0.2) is 47.1 Å². The summed E-state index contributed by atoms with van der Waals surface area (Å²) in [5, 5.41) is 5.47. The standard InChI is InChI=1S/C19H16BrFN4/c1-11-12(2)25(15-5-7-18-14(8-15)10-24(3)23-18)19(22-11)13-4-6-16(20)17(21)9-13/h4-10H,1-3H3. The number of hydrogen-bond acceptors (Lipinski definition) is 2. The van der Waals surface area contributed by atoms with Crippen molar-refractivity contribution in [3.8, 4) is 17.1 Å². The predicted molar refractivity (Wildman–Crippen MR) is 100 cm³/mol. The highest BCUT2D eigenvalue weighted by Gasteiger charge is 2.16. The lowest BCUT2D eigenvalue weighted by Gasteiger charge is -2.11. The number of hydrogen-bond donors (Lipinski definition) is 0. The molecule has 0 saturated carbocycles. The first-order chi connectivity index (χ1) is 11.9. The highest BCUT2D eigenvalue weighted by atomic mass is 79.9. The smallest absolute Gasteiger partial charge is 0.145 e. The average molecular weight is 399 g/mol. The summed E-state index contributed by atoms with van der Waals surface area (Å²) >= 11 is 3.20. The van der Waals surface area contributed by atoms with Gasteiger partial charge in [0.05, 0.1) is 15.7 Å². The molecule has 25 heavy (non-hydrogen) atoms. The Bertz CT molecular complexity index is 1110. The largest absolute Gasteiger partial charge is 0.297 e. The SMILES string of the molecule is Cc1nc(-c2ccc(Br)c(F)c2)n(-c2ccc3nn(C)cc3c2)c1C. The highest BCUT2D eigenvalue weighted by molar-refractivity contribution is 9.10. The molecule has 4 rings (SSSR count). The molecule has 2 aromatic carbocycles. The van der Waals surface area contributed by atoms with Crippen molar-refractivity contribution in [1.29, 1.82) is 0 Å². The number of rotatable bonds is 2. The van der Waals surface area contributed by atoms with Gasteiger partial charge < -0.3 is 0 Å². The number of halogens is 2. The van der Waals surface area contributed by atoms with Crippen LogP contribution >= 0.6 is 15.9 Å². The van der Waals surface area contributed by atoms with Gasteiger partial charge in [0.2, 0.25) is 0 Å². The van der Waals surface area contributed by atoms with Crippen LogP contribution in [0.1, 0.15) is 11.4 Å². The van der Waals surface area contributed by atoms with Crippen LogP contribution in [0.2, 0.25) is 0 Å². The molecule has 4 aromatic rings. The molecule has 0 spiro atoms. The first-order valence-electron chi connectivity index (χ1n) is 7.89. The Hall–Kier alpha value is -2.47. The molecule has 0 amide bonds. The maximum Gasteiger partial charge on any atom is 0.145 e. The number of imidazole rings is 1. The zero-order valence-electron chi connectivity index (χ0n) is 14.1. The zero-order chi connectivity index (χ0) is 17.7. The van der Waals surface area contributed by atoms with Crippen LogP contribution in [0.3, 0.4) is 0 Å². The summed E-state index contributed by atoms with van der Waals surface area (Å²) in [6, 6.07) is 11.2. The molecule has 0 unspecified atom stereocenters.